The van der Waals surface area contributed by atoms with E-state index in [2.05, 4.69) is 15.5 Å². The number of nitrogens with one attached hydrogen (secondary N) is 2. The maximum absolute atomic E-state index is 11.8. The molecule has 0 spiro atoms. The molecule has 1 heterocycles. The van der Waals surface area contributed by atoms with Gasteiger partial charge < -0.3 is 10.6 Å². The topological polar surface area (TPSA) is 61.4 Å². The van der Waals surface area contributed by atoms with E-state index < -0.39 is 0 Å². The summed E-state index contributed by atoms with van der Waals surface area (Å²) in [4.78, 5) is 25.2. The summed E-state index contributed by atoms with van der Waals surface area (Å²) in [5.74, 6) is 0.108. The number of nitrogens with zero attached hydrogens (tertiary/aromatic N) is 1. The summed E-state index contributed by atoms with van der Waals surface area (Å²) in [5, 5.41) is 5.74. The zero-order valence-corrected chi connectivity index (χ0v) is 10.4. The van der Waals surface area contributed by atoms with Crippen LogP contribution < -0.4 is 10.6 Å². The Morgan fingerprint density at radius 1 is 1.29 bits per heavy atom. The number of carbonyl (C=O) groups excluding carboxylic acids is 2. The third-order valence-electron chi connectivity index (χ3n) is 3.42. The second-order valence-corrected chi connectivity index (χ2v) is 5.02. The molecule has 0 aromatic heterocycles. The second kappa shape index (κ2) is 5.49. The van der Waals surface area contributed by atoms with Crippen LogP contribution in [0.25, 0.3) is 0 Å². The van der Waals surface area contributed by atoms with Crippen LogP contribution in [0, 0.1) is 0 Å². The molecule has 0 bridgehead atoms. The number of hydrogen-bond donors (Lipinski definition) is 2. The molecule has 2 amide bonds. The van der Waals surface area contributed by atoms with Crippen LogP contribution in [0.5, 0.6) is 0 Å². The first-order valence-corrected chi connectivity index (χ1v) is 6.44. The molecule has 0 radical (unpaired) electrons. The van der Waals surface area contributed by atoms with Crippen molar-refractivity contribution in [1.82, 2.24) is 15.5 Å². The minimum Gasteiger partial charge on any atom is -0.354 e. The fourth-order valence-electron chi connectivity index (χ4n) is 2.19. The Kier molecular flexibility index (Phi) is 3.99. The van der Waals surface area contributed by atoms with Crippen molar-refractivity contribution in [2.45, 2.75) is 44.2 Å². The van der Waals surface area contributed by atoms with Gasteiger partial charge in [0.25, 0.3) is 0 Å². The number of likely N-dealkylation sites (N-methyl/N-ethyl adjacent to an activating group) is 1. The molecule has 17 heavy (non-hydrogen) atoms. The molecular formula is C12H21N3O2. The summed E-state index contributed by atoms with van der Waals surface area (Å²) in [6, 6.07) is 0.403. The van der Waals surface area contributed by atoms with Gasteiger partial charge in [0, 0.05) is 19.0 Å². The van der Waals surface area contributed by atoms with E-state index in [1.54, 1.807) is 0 Å². The van der Waals surface area contributed by atoms with Crippen molar-refractivity contribution in [2.75, 3.05) is 20.1 Å². The van der Waals surface area contributed by atoms with Gasteiger partial charge in [-0.15, -0.1) is 0 Å². The normalized spacial score (nSPS) is 24.6. The fourth-order valence-corrected chi connectivity index (χ4v) is 2.19. The van der Waals surface area contributed by atoms with Crippen LogP contribution in [-0.2, 0) is 9.59 Å². The SMILES string of the molecule is CN1CCCC1C(=O)NCCC(=O)NC1CC1. The Morgan fingerprint density at radius 2 is 2.06 bits per heavy atom. The summed E-state index contributed by atoms with van der Waals surface area (Å²) >= 11 is 0. The summed E-state index contributed by atoms with van der Waals surface area (Å²) in [6.07, 6.45) is 4.60. The van der Waals surface area contributed by atoms with E-state index in [0.717, 1.165) is 32.2 Å². The Hall–Kier alpha value is -1.10. The minimum atomic E-state index is 0.00138. The van der Waals surface area contributed by atoms with Crippen molar-refractivity contribution < 1.29 is 9.59 Å². The molecule has 1 aliphatic heterocycles. The summed E-state index contributed by atoms with van der Waals surface area (Å²) < 4.78 is 0. The molecule has 1 atom stereocenters. The van der Waals surface area contributed by atoms with Gasteiger partial charge in [0.05, 0.1) is 6.04 Å². The molecule has 96 valence electrons. The highest BCUT2D eigenvalue weighted by molar-refractivity contribution is 5.83. The first kappa shape index (κ1) is 12.4. The predicted molar refractivity (Wildman–Crippen MR) is 64.4 cm³/mol. The van der Waals surface area contributed by atoms with Gasteiger partial charge >= 0.3 is 0 Å². The van der Waals surface area contributed by atoms with Crippen molar-refractivity contribution in [3.63, 3.8) is 0 Å². The Balaban J connectivity index is 1.60. The van der Waals surface area contributed by atoms with Gasteiger partial charge in [0.2, 0.25) is 11.8 Å². The van der Waals surface area contributed by atoms with Gasteiger partial charge in [-0.25, -0.2) is 0 Å². The van der Waals surface area contributed by atoms with Crippen LogP contribution in [0.1, 0.15) is 32.1 Å². The van der Waals surface area contributed by atoms with Gasteiger partial charge in [-0.05, 0) is 39.3 Å². The molecular weight excluding hydrogens is 218 g/mol. The second-order valence-electron chi connectivity index (χ2n) is 5.02. The quantitative estimate of drug-likeness (QED) is 0.702. The zero-order valence-electron chi connectivity index (χ0n) is 10.4. The van der Waals surface area contributed by atoms with Crippen LogP contribution in [0.15, 0.2) is 0 Å². The van der Waals surface area contributed by atoms with Crippen molar-refractivity contribution in [3.8, 4) is 0 Å². The van der Waals surface area contributed by atoms with E-state index in [0.29, 0.717) is 19.0 Å². The zero-order chi connectivity index (χ0) is 12.3. The van der Waals surface area contributed by atoms with Gasteiger partial charge in [-0.3, -0.25) is 14.5 Å². The molecule has 5 nitrogen and oxygen atoms in total. The van der Waals surface area contributed by atoms with E-state index in [-0.39, 0.29) is 17.9 Å². The molecule has 1 unspecified atom stereocenters. The van der Waals surface area contributed by atoms with E-state index >= 15 is 0 Å². The lowest BCUT2D eigenvalue weighted by Crippen LogP contribution is -2.42. The van der Waals surface area contributed by atoms with E-state index in [9.17, 15) is 9.59 Å². The van der Waals surface area contributed by atoms with Crippen molar-refractivity contribution in [3.05, 3.63) is 0 Å². The molecule has 5 heteroatoms. The first-order valence-electron chi connectivity index (χ1n) is 6.44. The summed E-state index contributed by atoms with van der Waals surface area (Å²) in [7, 11) is 1.97. The van der Waals surface area contributed by atoms with Gasteiger partial charge in [0.1, 0.15) is 0 Å². The van der Waals surface area contributed by atoms with Crippen LogP contribution in [-0.4, -0.2) is 48.9 Å². The van der Waals surface area contributed by atoms with Crippen LogP contribution in [0.4, 0.5) is 0 Å². The number of likely N-dealkylation sites (tertiary alicyclic amines) is 1. The van der Waals surface area contributed by atoms with Crippen LogP contribution in [0.3, 0.4) is 0 Å². The Morgan fingerprint density at radius 3 is 2.65 bits per heavy atom. The lowest BCUT2D eigenvalue weighted by atomic mass is 10.2. The average Bonchev–Trinajstić information content (AvgIpc) is 2.98. The average molecular weight is 239 g/mol. The van der Waals surface area contributed by atoms with E-state index in [4.69, 9.17) is 0 Å². The molecule has 2 fully saturated rings. The van der Waals surface area contributed by atoms with Gasteiger partial charge in [-0.2, -0.15) is 0 Å². The molecule has 1 saturated carbocycles. The fraction of sp³-hybridized carbons (Fsp3) is 0.833. The molecule has 2 N–H and O–H groups in total. The number of amides is 2. The summed E-state index contributed by atoms with van der Waals surface area (Å²) in [6.45, 7) is 1.43. The maximum atomic E-state index is 11.8. The third-order valence-corrected chi connectivity index (χ3v) is 3.42. The standard InChI is InChI=1S/C12H21N3O2/c1-15-8-2-3-10(15)12(17)13-7-6-11(16)14-9-4-5-9/h9-10H,2-8H2,1H3,(H,13,17)(H,14,16). The summed E-state index contributed by atoms with van der Waals surface area (Å²) in [5.41, 5.74) is 0. The lowest BCUT2D eigenvalue weighted by molar-refractivity contribution is -0.125. The van der Waals surface area contributed by atoms with Crippen molar-refractivity contribution >= 4 is 11.8 Å². The number of hydrogen-bond acceptors (Lipinski definition) is 3. The van der Waals surface area contributed by atoms with Crippen molar-refractivity contribution in [2.24, 2.45) is 0 Å². The number of rotatable bonds is 5. The minimum absolute atomic E-state index is 0.00138. The third kappa shape index (κ3) is 3.70. The lowest BCUT2D eigenvalue weighted by Gasteiger charge is -2.18. The molecule has 1 aliphatic carbocycles. The van der Waals surface area contributed by atoms with Crippen LogP contribution >= 0.6 is 0 Å². The predicted octanol–water partition coefficient (Wildman–Crippen LogP) is -0.134. The smallest absolute Gasteiger partial charge is 0.237 e. The monoisotopic (exact) mass is 239 g/mol. The molecule has 2 rings (SSSR count). The van der Waals surface area contributed by atoms with E-state index in [1.807, 2.05) is 7.05 Å². The highest BCUT2D eigenvalue weighted by atomic mass is 16.2. The van der Waals surface area contributed by atoms with Crippen molar-refractivity contribution in [1.29, 1.82) is 0 Å². The molecule has 0 aromatic rings. The highest BCUT2D eigenvalue weighted by Crippen LogP contribution is 2.18. The largest absolute Gasteiger partial charge is 0.354 e. The Labute approximate surface area is 102 Å². The molecule has 0 aromatic carbocycles. The van der Waals surface area contributed by atoms with Gasteiger partial charge in [0.15, 0.2) is 0 Å². The molecule has 2 aliphatic rings. The van der Waals surface area contributed by atoms with E-state index in [1.165, 1.54) is 0 Å². The highest BCUT2D eigenvalue weighted by Gasteiger charge is 2.27. The van der Waals surface area contributed by atoms with Gasteiger partial charge in [-0.1, -0.05) is 0 Å². The molecule has 1 saturated heterocycles. The maximum Gasteiger partial charge on any atom is 0.237 e. The Bertz CT molecular complexity index is 302. The van der Waals surface area contributed by atoms with Crippen LogP contribution in [0.2, 0.25) is 0 Å². The number of carbonyl (C=O) groups is 2. The first-order chi connectivity index (χ1) is 8.16.